The van der Waals surface area contributed by atoms with Crippen molar-refractivity contribution < 1.29 is 9.59 Å². The topological polar surface area (TPSA) is 40.6 Å². The minimum absolute atomic E-state index is 0.00721. The van der Waals surface area contributed by atoms with E-state index in [1.165, 1.54) is 23.3 Å². The first-order valence-corrected chi connectivity index (χ1v) is 8.34. The Kier molecular flexibility index (Phi) is 4.88. The molecule has 2 amide bonds. The summed E-state index contributed by atoms with van der Waals surface area (Å²) >= 11 is 0. The molecule has 118 valence electrons. The van der Waals surface area contributed by atoms with Crippen molar-refractivity contribution >= 4 is 11.8 Å². The molecule has 0 atom stereocenters. The maximum absolute atomic E-state index is 11.6. The van der Waals surface area contributed by atoms with Gasteiger partial charge in [-0.1, -0.05) is 30.3 Å². The quantitative estimate of drug-likeness (QED) is 0.784. The average molecular weight is 300 g/mol. The highest BCUT2D eigenvalue weighted by molar-refractivity contribution is 6.01. The molecular formula is C18H24N2O2. The van der Waals surface area contributed by atoms with Crippen LogP contribution in [0.15, 0.2) is 30.3 Å². The summed E-state index contributed by atoms with van der Waals surface area (Å²) < 4.78 is 0. The summed E-state index contributed by atoms with van der Waals surface area (Å²) in [4.78, 5) is 27.0. The summed E-state index contributed by atoms with van der Waals surface area (Å²) in [6.07, 6.45) is 4.10. The molecular weight excluding hydrogens is 276 g/mol. The third-order valence-corrected chi connectivity index (χ3v) is 4.87. The number of piperidine rings is 1. The first-order valence-electron chi connectivity index (χ1n) is 8.34. The first kappa shape index (κ1) is 15.2. The van der Waals surface area contributed by atoms with Crippen LogP contribution < -0.4 is 0 Å². The molecule has 0 bridgehead atoms. The smallest absolute Gasteiger partial charge is 0.229 e. The Balaban J connectivity index is 1.39. The lowest BCUT2D eigenvalue weighted by Gasteiger charge is -2.32. The highest BCUT2D eigenvalue weighted by Crippen LogP contribution is 2.27. The molecule has 1 aromatic carbocycles. The lowest BCUT2D eigenvalue weighted by Crippen LogP contribution is -2.36. The van der Waals surface area contributed by atoms with Crippen molar-refractivity contribution in [2.75, 3.05) is 26.2 Å². The van der Waals surface area contributed by atoms with Gasteiger partial charge in [0.2, 0.25) is 11.8 Å². The Morgan fingerprint density at radius 1 is 0.909 bits per heavy atom. The first-order chi connectivity index (χ1) is 10.7. The highest BCUT2D eigenvalue weighted by atomic mass is 16.2. The lowest BCUT2D eigenvalue weighted by molar-refractivity contribution is -0.138. The fourth-order valence-corrected chi connectivity index (χ4v) is 3.54. The maximum Gasteiger partial charge on any atom is 0.229 e. The normalized spacial score (nSPS) is 20.8. The van der Waals surface area contributed by atoms with Crippen molar-refractivity contribution in [1.82, 2.24) is 9.80 Å². The van der Waals surface area contributed by atoms with Gasteiger partial charge < -0.3 is 4.90 Å². The molecule has 0 aromatic heterocycles. The summed E-state index contributed by atoms with van der Waals surface area (Å²) in [7, 11) is 0. The number of rotatable bonds is 5. The molecule has 0 N–H and O–H groups in total. The van der Waals surface area contributed by atoms with E-state index in [2.05, 4.69) is 35.2 Å². The van der Waals surface area contributed by atoms with Crippen LogP contribution >= 0.6 is 0 Å². The molecule has 2 fully saturated rings. The summed E-state index contributed by atoms with van der Waals surface area (Å²) in [5.74, 6) is 0.694. The van der Waals surface area contributed by atoms with Crippen LogP contribution in [-0.2, 0) is 9.59 Å². The zero-order chi connectivity index (χ0) is 15.4. The van der Waals surface area contributed by atoms with Crippen LogP contribution in [0.5, 0.6) is 0 Å². The number of carbonyl (C=O) groups is 2. The fourth-order valence-electron chi connectivity index (χ4n) is 3.54. The van der Waals surface area contributed by atoms with Crippen molar-refractivity contribution in [2.24, 2.45) is 0 Å². The van der Waals surface area contributed by atoms with Crippen LogP contribution in [0.25, 0.3) is 0 Å². The Labute approximate surface area is 132 Å². The molecule has 2 heterocycles. The Bertz CT molecular complexity index is 505. The van der Waals surface area contributed by atoms with Gasteiger partial charge in [-0.2, -0.15) is 0 Å². The van der Waals surface area contributed by atoms with Crippen LogP contribution in [0.2, 0.25) is 0 Å². The number of hydrogen-bond donors (Lipinski definition) is 0. The number of imide groups is 1. The van der Waals surface area contributed by atoms with Gasteiger partial charge in [-0.3, -0.25) is 14.5 Å². The molecule has 2 aliphatic rings. The van der Waals surface area contributed by atoms with E-state index in [-0.39, 0.29) is 11.8 Å². The number of hydrogen-bond acceptors (Lipinski definition) is 3. The second-order valence-electron chi connectivity index (χ2n) is 6.32. The van der Waals surface area contributed by atoms with Crippen molar-refractivity contribution in [1.29, 1.82) is 0 Å². The predicted molar refractivity (Wildman–Crippen MR) is 85.4 cm³/mol. The minimum atomic E-state index is 0.00721. The van der Waals surface area contributed by atoms with Crippen molar-refractivity contribution in [2.45, 2.75) is 38.0 Å². The summed E-state index contributed by atoms with van der Waals surface area (Å²) in [6, 6.07) is 10.8. The van der Waals surface area contributed by atoms with E-state index in [9.17, 15) is 9.59 Å². The van der Waals surface area contributed by atoms with Crippen LogP contribution in [0.1, 0.15) is 43.6 Å². The minimum Gasteiger partial charge on any atom is -0.303 e. The van der Waals surface area contributed by atoms with E-state index in [1.54, 1.807) is 0 Å². The molecule has 3 rings (SSSR count). The molecule has 0 saturated carbocycles. The standard InChI is InChI=1S/C18H24N2O2/c21-17-7-8-18(22)20(17)12-4-11-19-13-9-16(10-14-19)15-5-2-1-3-6-15/h1-3,5-6,16H,4,7-14H2. The van der Waals surface area contributed by atoms with E-state index in [0.29, 0.717) is 25.3 Å². The van der Waals surface area contributed by atoms with Gasteiger partial charge >= 0.3 is 0 Å². The third kappa shape index (κ3) is 3.55. The van der Waals surface area contributed by atoms with E-state index >= 15 is 0 Å². The molecule has 2 aliphatic heterocycles. The second kappa shape index (κ2) is 7.05. The van der Waals surface area contributed by atoms with Gasteiger partial charge in [-0.05, 0) is 50.4 Å². The average Bonchev–Trinajstić information content (AvgIpc) is 2.88. The third-order valence-electron chi connectivity index (χ3n) is 4.87. The van der Waals surface area contributed by atoms with Crippen LogP contribution in [0, 0.1) is 0 Å². The number of benzene rings is 1. The number of amides is 2. The van der Waals surface area contributed by atoms with Crippen molar-refractivity contribution in [3.05, 3.63) is 35.9 Å². The predicted octanol–water partition coefficient (Wildman–Crippen LogP) is 2.41. The highest BCUT2D eigenvalue weighted by Gasteiger charge is 2.28. The zero-order valence-corrected chi connectivity index (χ0v) is 13.0. The molecule has 2 saturated heterocycles. The molecule has 4 heteroatoms. The Morgan fingerprint density at radius 3 is 2.18 bits per heavy atom. The maximum atomic E-state index is 11.6. The van der Waals surface area contributed by atoms with Gasteiger partial charge in [0.05, 0.1) is 0 Å². The molecule has 0 spiro atoms. The Hall–Kier alpha value is -1.68. The van der Waals surface area contributed by atoms with Crippen molar-refractivity contribution in [3.8, 4) is 0 Å². The van der Waals surface area contributed by atoms with Crippen LogP contribution in [0.3, 0.4) is 0 Å². The van der Waals surface area contributed by atoms with Crippen LogP contribution in [-0.4, -0.2) is 47.8 Å². The zero-order valence-electron chi connectivity index (χ0n) is 13.0. The van der Waals surface area contributed by atoms with Gasteiger partial charge in [0.15, 0.2) is 0 Å². The van der Waals surface area contributed by atoms with E-state index in [4.69, 9.17) is 0 Å². The largest absolute Gasteiger partial charge is 0.303 e. The van der Waals surface area contributed by atoms with E-state index in [0.717, 1.165) is 26.1 Å². The lowest BCUT2D eigenvalue weighted by atomic mass is 9.89. The molecule has 22 heavy (non-hydrogen) atoms. The van der Waals surface area contributed by atoms with E-state index in [1.807, 2.05) is 0 Å². The second-order valence-corrected chi connectivity index (χ2v) is 6.32. The van der Waals surface area contributed by atoms with Crippen molar-refractivity contribution in [3.63, 3.8) is 0 Å². The molecule has 1 aromatic rings. The number of nitrogens with zero attached hydrogens (tertiary/aromatic N) is 2. The molecule has 4 nitrogen and oxygen atoms in total. The van der Waals surface area contributed by atoms with Gasteiger partial charge in [-0.25, -0.2) is 0 Å². The SMILES string of the molecule is O=C1CCC(=O)N1CCCN1CCC(c2ccccc2)CC1. The summed E-state index contributed by atoms with van der Waals surface area (Å²) in [5, 5.41) is 0. The molecule has 0 unspecified atom stereocenters. The van der Waals surface area contributed by atoms with Gasteiger partial charge in [0, 0.05) is 19.4 Å². The number of likely N-dealkylation sites (tertiary alicyclic amines) is 2. The summed E-state index contributed by atoms with van der Waals surface area (Å²) in [6.45, 7) is 3.80. The van der Waals surface area contributed by atoms with Gasteiger partial charge in [-0.15, -0.1) is 0 Å². The molecule has 0 radical (unpaired) electrons. The molecule has 0 aliphatic carbocycles. The summed E-state index contributed by atoms with van der Waals surface area (Å²) in [5.41, 5.74) is 1.45. The van der Waals surface area contributed by atoms with Gasteiger partial charge in [0.25, 0.3) is 0 Å². The fraction of sp³-hybridized carbons (Fsp3) is 0.556. The number of carbonyl (C=O) groups excluding carboxylic acids is 2. The Morgan fingerprint density at radius 2 is 1.55 bits per heavy atom. The monoisotopic (exact) mass is 300 g/mol. The van der Waals surface area contributed by atoms with Crippen LogP contribution in [0.4, 0.5) is 0 Å². The van der Waals surface area contributed by atoms with E-state index < -0.39 is 0 Å². The van der Waals surface area contributed by atoms with Gasteiger partial charge in [0.1, 0.15) is 0 Å².